The predicted molar refractivity (Wildman–Crippen MR) is 28.0 cm³/mol. The number of hydrogen-bond acceptors (Lipinski definition) is 2. The van der Waals surface area contributed by atoms with Gasteiger partial charge in [-0.3, -0.25) is 0 Å². The third-order valence-corrected chi connectivity index (χ3v) is 1.45. The first kappa shape index (κ1) is 6.89. The zero-order valence-electron chi connectivity index (χ0n) is 4.93. The van der Waals surface area contributed by atoms with Crippen LogP contribution < -0.4 is 0 Å². The smallest absolute Gasteiger partial charge is 0.182 e. The molecule has 0 amide bonds. The van der Waals surface area contributed by atoms with Gasteiger partial charge in [-0.2, -0.15) is 0 Å². The number of rotatable bonds is 0. The van der Waals surface area contributed by atoms with Crippen LogP contribution in [0.5, 0.6) is 0 Å². The van der Waals surface area contributed by atoms with Crippen LogP contribution in [-0.2, 0) is 0 Å². The molecule has 0 spiro atoms. The van der Waals surface area contributed by atoms with E-state index in [2.05, 4.69) is 0 Å². The fraction of sp³-hybridized carbons (Fsp3) is 1.00. The normalized spacial score (nSPS) is 39.0. The SMILES string of the molecule is OC1CCN(F)C(F)C1. The average molecular weight is 137 g/mol. The summed E-state index contributed by atoms with van der Waals surface area (Å²) in [6.07, 6.45) is -2.03. The number of aliphatic hydroxyl groups excluding tert-OH is 1. The second kappa shape index (κ2) is 2.58. The van der Waals surface area contributed by atoms with Crippen molar-refractivity contribution in [2.45, 2.75) is 25.2 Å². The molecule has 1 heterocycles. The zero-order valence-corrected chi connectivity index (χ0v) is 4.93. The molecule has 0 saturated carbocycles. The predicted octanol–water partition coefficient (Wildman–Crippen LogP) is 0.623. The Hall–Kier alpha value is -0.220. The molecular weight excluding hydrogens is 128 g/mol. The summed E-state index contributed by atoms with van der Waals surface area (Å²) in [4.78, 5) is 0. The summed E-state index contributed by atoms with van der Waals surface area (Å²) in [6.45, 7) is 0.00231. The van der Waals surface area contributed by atoms with Gasteiger partial charge < -0.3 is 5.11 Å². The van der Waals surface area contributed by atoms with Gasteiger partial charge in [0.25, 0.3) is 0 Å². The van der Waals surface area contributed by atoms with E-state index < -0.39 is 12.4 Å². The molecule has 1 saturated heterocycles. The highest BCUT2D eigenvalue weighted by molar-refractivity contribution is 4.68. The summed E-state index contributed by atoms with van der Waals surface area (Å²) < 4.78 is 24.3. The van der Waals surface area contributed by atoms with Gasteiger partial charge in [0.2, 0.25) is 0 Å². The molecule has 0 aromatic heterocycles. The van der Waals surface area contributed by atoms with Crippen LogP contribution in [0.1, 0.15) is 12.8 Å². The summed E-state index contributed by atoms with van der Waals surface area (Å²) in [6, 6.07) is 0. The van der Waals surface area contributed by atoms with Gasteiger partial charge in [0.05, 0.1) is 6.10 Å². The molecule has 9 heavy (non-hydrogen) atoms. The lowest BCUT2D eigenvalue weighted by molar-refractivity contribution is -0.127. The lowest BCUT2D eigenvalue weighted by Gasteiger charge is -2.25. The van der Waals surface area contributed by atoms with Crippen molar-refractivity contribution >= 4 is 0 Å². The molecule has 0 aromatic carbocycles. The lowest BCUT2D eigenvalue weighted by Crippen LogP contribution is -2.36. The fourth-order valence-electron chi connectivity index (χ4n) is 0.869. The number of piperidine rings is 1. The molecule has 2 nitrogen and oxygen atoms in total. The van der Waals surface area contributed by atoms with E-state index in [1.54, 1.807) is 0 Å². The number of alkyl halides is 1. The van der Waals surface area contributed by atoms with Gasteiger partial charge in [-0.1, -0.05) is 0 Å². The summed E-state index contributed by atoms with van der Waals surface area (Å²) in [5.41, 5.74) is 0. The quantitative estimate of drug-likeness (QED) is 0.391. The van der Waals surface area contributed by atoms with Crippen LogP contribution in [0.3, 0.4) is 0 Å². The fourth-order valence-corrected chi connectivity index (χ4v) is 0.869. The number of aliphatic hydroxyl groups is 1. The number of nitrogens with zero attached hydrogens (tertiary/aromatic N) is 1. The van der Waals surface area contributed by atoms with Gasteiger partial charge in [0.1, 0.15) is 0 Å². The van der Waals surface area contributed by atoms with Crippen LogP contribution in [0.4, 0.5) is 8.87 Å². The molecule has 54 valence electrons. The molecular formula is C5H9F2NO. The number of halogens is 2. The first-order valence-electron chi connectivity index (χ1n) is 2.94. The first-order valence-corrected chi connectivity index (χ1v) is 2.94. The van der Waals surface area contributed by atoms with Gasteiger partial charge >= 0.3 is 0 Å². The van der Waals surface area contributed by atoms with E-state index in [0.29, 0.717) is 6.42 Å². The van der Waals surface area contributed by atoms with Gasteiger partial charge in [-0.05, 0) is 6.42 Å². The second-order valence-electron chi connectivity index (χ2n) is 2.24. The largest absolute Gasteiger partial charge is 0.393 e. The molecule has 4 heteroatoms. The minimum atomic E-state index is -1.60. The minimum Gasteiger partial charge on any atom is -0.393 e. The van der Waals surface area contributed by atoms with Gasteiger partial charge in [-0.25, -0.2) is 4.39 Å². The van der Waals surface area contributed by atoms with Crippen LogP contribution in [-0.4, -0.2) is 29.2 Å². The second-order valence-corrected chi connectivity index (χ2v) is 2.24. The zero-order chi connectivity index (χ0) is 6.85. The Morgan fingerprint density at radius 2 is 2.22 bits per heavy atom. The van der Waals surface area contributed by atoms with Crippen LogP contribution in [0.2, 0.25) is 0 Å². The Bertz CT molecular complexity index is 101. The standard InChI is InChI=1S/C5H9F2NO/c6-5-3-4(9)1-2-8(5)7/h4-5,9H,1-3H2. The molecule has 0 aromatic rings. The maximum atomic E-state index is 12.2. The summed E-state index contributed by atoms with van der Waals surface area (Å²) in [5, 5.41) is 8.88. The van der Waals surface area contributed by atoms with E-state index >= 15 is 0 Å². The maximum absolute atomic E-state index is 12.2. The van der Waals surface area contributed by atoms with Crippen LogP contribution in [0.15, 0.2) is 0 Å². The summed E-state index contributed by atoms with van der Waals surface area (Å²) in [5.74, 6) is 0. The van der Waals surface area contributed by atoms with E-state index in [9.17, 15) is 8.87 Å². The van der Waals surface area contributed by atoms with E-state index in [4.69, 9.17) is 5.11 Å². The Labute approximate surface area is 52.0 Å². The summed E-state index contributed by atoms with van der Waals surface area (Å²) in [7, 11) is 0. The Morgan fingerprint density at radius 1 is 1.56 bits per heavy atom. The van der Waals surface area contributed by atoms with Crippen molar-refractivity contribution < 1.29 is 14.0 Å². The molecule has 1 fully saturated rings. The highest BCUT2D eigenvalue weighted by Gasteiger charge is 2.26. The summed E-state index contributed by atoms with van der Waals surface area (Å²) >= 11 is 0. The van der Waals surface area contributed by atoms with Gasteiger partial charge in [0, 0.05) is 13.0 Å². The molecule has 2 unspecified atom stereocenters. The first-order chi connectivity index (χ1) is 4.20. The molecule has 0 aliphatic carbocycles. The van der Waals surface area contributed by atoms with E-state index in [-0.39, 0.29) is 18.1 Å². The third-order valence-electron chi connectivity index (χ3n) is 1.45. The number of hydrogen-bond donors (Lipinski definition) is 1. The molecule has 0 bridgehead atoms. The molecule has 1 aliphatic rings. The van der Waals surface area contributed by atoms with Crippen molar-refractivity contribution in [3.8, 4) is 0 Å². The molecule has 1 aliphatic heterocycles. The minimum absolute atomic E-state index is 0.00231. The Balaban J connectivity index is 2.35. The Morgan fingerprint density at radius 3 is 2.67 bits per heavy atom. The molecule has 1 N–H and O–H groups in total. The van der Waals surface area contributed by atoms with Crippen LogP contribution >= 0.6 is 0 Å². The average Bonchev–Trinajstić information content (AvgIpc) is 1.80. The van der Waals surface area contributed by atoms with E-state index in [1.807, 2.05) is 0 Å². The van der Waals surface area contributed by atoms with Crippen molar-refractivity contribution in [3.63, 3.8) is 0 Å². The van der Waals surface area contributed by atoms with Crippen LogP contribution in [0.25, 0.3) is 0 Å². The molecule has 2 atom stereocenters. The van der Waals surface area contributed by atoms with Crippen molar-refractivity contribution in [2.24, 2.45) is 0 Å². The van der Waals surface area contributed by atoms with Crippen molar-refractivity contribution in [3.05, 3.63) is 0 Å². The Kier molecular flexibility index (Phi) is 1.97. The van der Waals surface area contributed by atoms with Gasteiger partial charge in [0.15, 0.2) is 6.30 Å². The van der Waals surface area contributed by atoms with Crippen LogP contribution in [0, 0.1) is 0 Å². The maximum Gasteiger partial charge on any atom is 0.182 e. The van der Waals surface area contributed by atoms with Crippen molar-refractivity contribution in [2.75, 3.05) is 6.54 Å². The van der Waals surface area contributed by atoms with E-state index in [1.165, 1.54) is 0 Å². The molecule has 1 rings (SSSR count). The lowest BCUT2D eigenvalue weighted by atomic mass is 10.1. The van der Waals surface area contributed by atoms with E-state index in [0.717, 1.165) is 0 Å². The third kappa shape index (κ3) is 1.59. The molecule has 0 radical (unpaired) electrons. The highest BCUT2D eigenvalue weighted by atomic mass is 19.2. The van der Waals surface area contributed by atoms with Gasteiger partial charge in [-0.15, -0.1) is 9.60 Å². The topological polar surface area (TPSA) is 23.5 Å². The van der Waals surface area contributed by atoms with Crippen molar-refractivity contribution in [1.82, 2.24) is 5.12 Å². The highest BCUT2D eigenvalue weighted by Crippen LogP contribution is 2.17. The van der Waals surface area contributed by atoms with Crippen molar-refractivity contribution in [1.29, 1.82) is 0 Å². The monoisotopic (exact) mass is 137 g/mol.